The summed E-state index contributed by atoms with van der Waals surface area (Å²) in [6.07, 6.45) is 3.19. The molecule has 1 fully saturated rings. The minimum atomic E-state index is -0.880. The van der Waals surface area contributed by atoms with Crippen LogP contribution >= 0.6 is 7.92 Å². The summed E-state index contributed by atoms with van der Waals surface area (Å²) >= 11 is 0. The lowest BCUT2D eigenvalue weighted by Crippen LogP contribution is -2.26. The quantitative estimate of drug-likeness (QED) is 0.660. The SMILES string of the molecule is C=C(F)c1ccc2c(c1F)C1(CC1)CP(Cc1ccccc1)C2=O. The highest BCUT2D eigenvalue weighted by Crippen LogP contribution is 2.63. The van der Waals surface area contributed by atoms with Crippen LogP contribution in [0, 0.1) is 5.82 Å². The molecule has 1 saturated carbocycles. The van der Waals surface area contributed by atoms with E-state index in [-0.39, 0.29) is 16.5 Å². The predicted molar refractivity (Wildman–Crippen MR) is 93.7 cm³/mol. The highest BCUT2D eigenvalue weighted by molar-refractivity contribution is 7.75. The van der Waals surface area contributed by atoms with Crippen LogP contribution in [-0.4, -0.2) is 11.7 Å². The Hall–Kier alpha value is -1.86. The Morgan fingerprint density at radius 2 is 1.88 bits per heavy atom. The number of rotatable bonds is 3. The van der Waals surface area contributed by atoms with Gasteiger partial charge in [0.1, 0.15) is 11.6 Å². The molecule has 0 amide bonds. The van der Waals surface area contributed by atoms with Crippen molar-refractivity contribution >= 4 is 19.3 Å². The molecule has 2 aromatic rings. The van der Waals surface area contributed by atoms with Gasteiger partial charge in [-0.1, -0.05) is 36.9 Å². The van der Waals surface area contributed by atoms with Crippen molar-refractivity contribution in [1.29, 1.82) is 0 Å². The molecule has 1 unspecified atom stereocenters. The first-order chi connectivity index (χ1) is 11.5. The van der Waals surface area contributed by atoms with Crippen molar-refractivity contribution in [2.24, 2.45) is 0 Å². The lowest BCUT2D eigenvalue weighted by atomic mass is 9.90. The van der Waals surface area contributed by atoms with Crippen molar-refractivity contribution in [3.63, 3.8) is 0 Å². The normalized spacial score (nSPS) is 20.8. The molecule has 0 N–H and O–H groups in total. The fourth-order valence-corrected chi connectivity index (χ4v) is 6.44. The zero-order valence-electron chi connectivity index (χ0n) is 13.2. The predicted octanol–water partition coefficient (Wildman–Crippen LogP) is 5.63. The van der Waals surface area contributed by atoms with E-state index in [0.717, 1.165) is 24.6 Å². The number of hydrogen-bond donors (Lipinski definition) is 0. The Morgan fingerprint density at radius 3 is 2.50 bits per heavy atom. The smallest absolute Gasteiger partial charge is 0.184 e. The van der Waals surface area contributed by atoms with Crippen LogP contribution in [-0.2, 0) is 11.6 Å². The van der Waals surface area contributed by atoms with Gasteiger partial charge in [-0.05, 0) is 50.8 Å². The molecule has 1 spiro atoms. The molecule has 0 aromatic heterocycles. The molecule has 1 atom stereocenters. The van der Waals surface area contributed by atoms with Crippen LogP contribution in [0.5, 0.6) is 0 Å². The van der Waals surface area contributed by atoms with E-state index in [2.05, 4.69) is 6.58 Å². The second-order valence-corrected chi connectivity index (χ2v) is 8.80. The molecule has 0 bridgehead atoms. The van der Waals surface area contributed by atoms with Crippen LogP contribution in [0.4, 0.5) is 8.78 Å². The summed E-state index contributed by atoms with van der Waals surface area (Å²) in [6.45, 7) is 3.21. The number of carbonyl (C=O) groups is 1. The maximum Gasteiger partial charge on any atom is 0.184 e. The molecule has 1 aliphatic carbocycles. The first-order valence-electron chi connectivity index (χ1n) is 8.03. The van der Waals surface area contributed by atoms with E-state index in [4.69, 9.17) is 0 Å². The first kappa shape index (κ1) is 15.7. The molecular formula is C20H17F2OP. The standard InChI is InChI=1S/C20H17F2OP/c1-13(21)15-7-8-16-17(18(15)22)20(9-10-20)12-24(19(16)23)11-14-5-3-2-4-6-14/h2-8H,1,9-12H2. The van der Waals surface area contributed by atoms with Crippen LogP contribution in [0.2, 0.25) is 0 Å². The largest absolute Gasteiger partial charge is 0.289 e. The number of benzene rings is 2. The van der Waals surface area contributed by atoms with E-state index in [1.807, 2.05) is 30.3 Å². The Bertz CT molecular complexity index is 840. The molecular weight excluding hydrogens is 325 g/mol. The topological polar surface area (TPSA) is 17.1 Å². The Morgan fingerprint density at radius 1 is 1.17 bits per heavy atom. The molecule has 4 heteroatoms. The van der Waals surface area contributed by atoms with E-state index in [0.29, 0.717) is 17.3 Å². The molecule has 2 aromatic carbocycles. The summed E-state index contributed by atoms with van der Waals surface area (Å²) in [4.78, 5) is 12.9. The molecule has 0 saturated heterocycles. The summed E-state index contributed by atoms with van der Waals surface area (Å²) in [5.74, 6) is -1.36. The number of carbonyl (C=O) groups excluding carboxylic acids is 1. The first-order valence-corrected chi connectivity index (χ1v) is 9.74. The molecule has 1 nitrogen and oxygen atoms in total. The number of fused-ring (bicyclic) bond motifs is 2. The molecule has 2 aliphatic rings. The van der Waals surface area contributed by atoms with E-state index in [1.54, 1.807) is 6.07 Å². The van der Waals surface area contributed by atoms with Gasteiger partial charge in [0, 0.05) is 22.1 Å². The second kappa shape index (κ2) is 5.60. The average Bonchev–Trinajstić information content (AvgIpc) is 3.33. The van der Waals surface area contributed by atoms with Gasteiger partial charge >= 0.3 is 0 Å². The third-order valence-electron chi connectivity index (χ3n) is 5.05. The van der Waals surface area contributed by atoms with Crippen LogP contribution in [0.3, 0.4) is 0 Å². The van der Waals surface area contributed by atoms with Crippen molar-refractivity contribution in [1.82, 2.24) is 0 Å². The van der Waals surface area contributed by atoms with Crippen molar-refractivity contribution in [3.05, 3.63) is 77.1 Å². The van der Waals surface area contributed by atoms with E-state index in [9.17, 15) is 13.6 Å². The van der Waals surface area contributed by atoms with Gasteiger partial charge in [-0.15, -0.1) is 0 Å². The zero-order chi connectivity index (χ0) is 16.9. The fraction of sp³-hybridized carbons (Fsp3) is 0.250. The number of halogens is 2. The summed E-state index contributed by atoms with van der Waals surface area (Å²) in [6, 6.07) is 12.9. The van der Waals surface area contributed by atoms with Crippen molar-refractivity contribution < 1.29 is 13.6 Å². The minimum Gasteiger partial charge on any atom is -0.289 e. The van der Waals surface area contributed by atoms with Crippen molar-refractivity contribution in [2.45, 2.75) is 24.4 Å². The maximum absolute atomic E-state index is 14.8. The molecule has 4 rings (SSSR count). The molecule has 1 aliphatic heterocycles. The fourth-order valence-electron chi connectivity index (χ4n) is 3.66. The van der Waals surface area contributed by atoms with E-state index >= 15 is 0 Å². The molecule has 122 valence electrons. The average molecular weight is 342 g/mol. The minimum absolute atomic E-state index is 0.0382. The number of hydrogen-bond acceptors (Lipinski definition) is 1. The van der Waals surface area contributed by atoms with Gasteiger partial charge in [-0.2, -0.15) is 0 Å². The van der Waals surface area contributed by atoms with E-state index < -0.39 is 19.6 Å². The third kappa shape index (κ3) is 2.43. The summed E-state index contributed by atoms with van der Waals surface area (Å²) in [7, 11) is -0.880. The highest BCUT2D eigenvalue weighted by Gasteiger charge is 2.53. The van der Waals surface area contributed by atoms with Gasteiger partial charge in [0.2, 0.25) is 0 Å². The van der Waals surface area contributed by atoms with Crippen LogP contribution in [0.25, 0.3) is 5.83 Å². The van der Waals surface area contributed by atoms with E-state index in [1.165, 1.54) is 6.07 Å². The zero-order valence-corrected chi connectivity index (χ0v) is 14.1. The lowest BCUT2D eigenvalue weighted by Gasteiger charge is -2.32. The second-order valence-electron chi connectivity index (χ2n) is 6.68. The van der Waals surface area contributed by atoms with Gasteiger partial charge in [0.25, 0.3) is 0 Å². The van der Waals surface area contributed by atoms with Crippen molar-refractivity contribution in [2.75, 3.05) is 6.16 Å². The van der Waals surface area contributed by atoms with Gasteiger partial charge < -0.3 is 0 Å². The van der Waals surface area contributed by atoms with Gasteiger partial charge in [0.05, 0.1) is 0 Å². The van der Waals surface area contributed by atoms with Crippen LogP contribution in [0.15, 0.2) is 49.0 Å². The van der Waals surface area contributed by atoms with Crippen LogP contribution in [0.1, 0.15) is 39.9 Å². The van der Waals surface area contributed by atoms with Gasteiger partial charge in [-0.25, -0.2) is 8.78 Å². The highest BCUT2D eigenvalue weighted by atomic mass is 31.1. The Labute approximate surface area is 141 Å². The maximum atomic E-state index is 14.8. The molecule has 24 heavy (non-hydrogen) atoms. The summed E-state index contributed by atoms with van der Waals surface area (Å²) in [5.41, 5.74) is 1.71. The van der Waals surface area contributed by atoms with Crippen molar-refractivity contribution in [3.8, 4) is 0 Å². The molecule has 1 heterocycles. The Balaban J connectivity index is 1.76. The van der Waals surface area contributed by atoms with Gasteiger partial charge in [-0.3, -0.25) is 4.79 Å². The monoisotopic (exact) mass is 342 g/mol. The summed E-state index contributed by atoms with van der Waals surface area (Å²) < 4.78 is 28.3. The Kier molecular flexibility index (Phi) is 3.65. The lowest BCUT2D eigenvalue weighted by molar-refractivity contribution is 0.107. The summed E-state index contributed by atoms with van der Waals surface area (Å²) in [5, 5.41) is 0. The third-order valence-corrected chi connectivity index (χ3v) is 7.59. The van der Waals surface area contributed by atoms with Gasteiger partial charge in [0.15, 0.2) is 5.52 Å². The molecule has 0 radical (unpaired) electrons. The van der Waals surface area contributed by atoms with Crippen LogP contribution < -0.4 is 0 Å².